The molecule has 3 rings (SSSR count). The Labute approximate surface area is 77.2 Å². The van der Waals surface area contributed by atoms with E-state index in [1.165, 1.54) is 0 Å². The van der Waals surface area contributed by atoms with E-state index in [0.717, 1.165) is 26.1 Å². The van der Waals surface area contributed by atoms with Crippen molar-refractivity contribution in [2.45, 2.75) is 12.5 Å². The van der Waals surface area contributed by atoms with Gasteiger partial charge in [0.15, 0.2) is 0 Å². The summed E-state index contributed by atoms with van der Waals surface area (Å²) in [5.74, 6) is 1.43. The largest absolute Gasteiger partial charge is 0.449 e. The van der Waals surface area contributed by atoms with Crippen LogP contribution in [-0.2, 0) is 4.74 Å². The molecule has 3 aliphatic rings. The average molecular weight is 182 g/mol. The van der Waals surface area contributed by atoms with E-state index in [4.69, 9.17) is 4.74 Å². The molecule has 4 nitrogen and oxygen atoms in total. The van der Waals surface area contributed by atoms with Crippen LogP contribution in [0, 0.1) is 11.8 Å². The number of hydrogen-bond acceptors (Lipinski definition) is 3. The second-order valence-electron chi connectivity index (χ2n) is 4.14. The molecule has 0 radical (unpaired) electrons. The summed E-state index contributed by atoms with van der Waals surface area (Å²) in [4.78, 5) is 13.3. The van der Waals surface area contributed by atoms with E-state index in [-0.39, 0.29) is 6.09 Å². The summed E-state index contributed by atoms with van der Waals surface area (Å²) in [5, 5.41) is 3.33. The summed E-state index contributed by atoms with van der Waals surface area (Å²) in [7, 11) is 0. The molecule has 0 spiro atoms. The van der Waals surface area contributed by atoms with E-state index in [9.17, 15) is 4.79 Å². The molecular formula is C9H14N2O2. The number of amides is 1. The zero-order valence-electron chi connectivity index (χ0n) is 7.53. The molecule has 0 bridgehead atoms. The fourth-order valence-corrected chi connectivity index (χ4v) is 2.69. The molecule has 2 atom stereocenters. The third-order valence-electron chi connectivity index (χ3n) is 3.41. The molecule has 2 aliphatic heterocycles. The zero-order valence-corrected chi connectivity index (χ0v) is 7.53. The normalized spacial score (nSPS) is 42.9. The lowest BCUT2D eigenvalue weighted by molar-refractivity contribution is 0.0654. The third kappa shape index (κ3) is 1.05. The molecule has 1 aliphatic carbocycles. The number of ether oxygens (including phenoxy) is 1. The monoisotopic (exact) mass is 182 g/mol. The summed E-state index contributed by atoms with van der Waals surface area (Å²) < 4.78 is 5.02. The third-order valence-corrected chi connectivity index (χ3v) is 3.41. The van der Waals surface area contributed by atoms with Crippen LogP contribution in [0.2, 0.25) is 0 Å². The maximum atomic E-state index is 11.4. The van der Waals surface area contributed by atoms with E-state index >= 15 is 0 Å². The number of nitrogens with zero attached hydrogens (tertiary/aromatic N) is 1. The fraction of sp³-hybridized carbons (Fsp3) is 0.889. The number of piperidine rings is 1. The number of nitrogens with one attached hydrogen (secondary N) is 1. The average Bonchev–Trinajstić information content (AvgIpc) is 2.61. The van der Waals surface area contributed by atoms with Crippen LogP contribution in [0.25, 0.3) is 0 Å². The van der Waals surface area contributed by atoms with Crippen molar-refractivity contribution < 1.29 is 9.53 Å². The first kappa shape index (κ1) is 7.62. The van der Waals surface area contributed by atoms with Crippen molar-refractivity contribution in [1.29, 1.82) is 0 Å². The molecule has 72 valence electrons. The van der Waals surface area contributed by atoms with E-state index in [1.807, 2.05) is 4.90 Å². The topological polar surface area (TPSA) is 41.6 Å². The van der Waals surface area contributed by atoms with Gasteiger partial charge in [0.05, 0.1) is 6.61 Å². The van der Waals surface area contributed by atoms with Gasteiger partial charge in [0.25, 0.3) is 0 Å². The highest BCUT2D eigenvalue weighted by atomic mass is 16.6. The maximum Gasteiger partial charge on any atom is 0.410 e. The van der Waals surface area contributed by atoms with Crippen molar-refractivity contribution in [3.05, 3.63) is 0 Å². The molecule has 1 amide bonds. The Morgan fingerprint density at radius 3 is 2.85 bits per heavy atom. The van der Waals surface area contributed by atoms with Crippen molar-refractivity contribution in [1.82, 2.24) is 10.2 Å². The number of carbonyl (C=O) groups excluding carboxylic acids is 1. The molecule has 2 heterocycles. The Bertz CT molecular complexity index is 234. The highest BCUT2D eigenvalue weighted by Crippen LogP contribution is 2.46. The van der Waals surface area contributed by atoms with Crippen LogP contribution in [0.3, 0.4) is 0 Å². The van der Waals surface area contributed by atoms with Crippen LogP contribution in [0.4, 0.5) is 4.79 Å². The van der Waals surface area contributed by atoms with Crippen LogP contribution >= 0.6 is 0 Å². The lowest BCUT2D eigenvalue weighted by Gasteiger charge is -2.27. The molecule has 13 heavy (non-hydrogen) atoms. The Kier molecular flexibility index (Phi) is 1.53. The minimum atomic E-state index is -0.0920. The summed E-state index contributed by atoms with van der Waals surface area (Å²) in [6.07, 6.45) is 0.903. The summed E-state index contributed by atoms with van der Waals surface area (Å²) >= 11 is 0. The van der Waals surface area contributed by atoms with Crippen LogP contribution in [0.1, 0.15) is 6.42 Å². The Hall–Kier alpha value is -0.770. The predicted octanol–water partition coefficient (Wildman–Crippen LogP) is 0.0465. The highest BCUT2D eigenvalue weighted by molar-refractivity contribution is 5.69. The Morgan fingerprint density at radius 1 is 1.38 bits per heavy atom. The predicted molar refractivity (Wildman–Crippen MR) is 46.3 cm³/mol. The summed E-state index contributed by atoms with van der Waals surface area (Å²) in [6.45, 7) is 3.67. The van der Waals surface area contributed by atoms with Crippen LogP contribution in [0.15, 0.2) is 0 Å². The quantitative estimate of drug-likeness (QED) is 0.623. The Balaban J connectivity index is 1.68. The van der Waals surface area contributed by atoms with Gasteiger partial charge in [-0.2, -0.15) is 0 Å². The highest BCUT2D eigenvalue weighted by Gasteiger charge is 2.57. The Morgan fingerprint density at radius 2 is 2.15 bits per heavy atom. The smallest absolute Gasteiger partial charge is 0.410 e. The van der Waals surface area contributed by atoms with E-state index in [0.29, 0.717) is 24.5 Å². The molecule has 4 heteroatoms. The van der Waals surface area contributed by atoms with Gasteiger partial charge in [0.2, 0.25) is 0 Å². The van der Waals surface area contributed by atoms with Gasteiger partial charge < -0.3 is 15.0 Å². The second kappa shape index (κ2) is 2.61. The number of hydrogen-bond donors (Lipinski definition) is 1. The lowest BCUT2D eigenvalue weighted by atomic mass is 10.3. The maximum absolute atomic E-state index is 11.4. The molecule has 1 saturated carbocycles. The van der Waals surface area contributed by atoms with Gasteiger partial charge in [-0.05, 0) is 18.3 Å². The molecule has 2 unspecified atom stereocenters. The van der Waals surface area contributed by atoms with E-state index in [1.54, 1.807) is 0 Å². The van der Waals surface area contributed by atoms with Gasteiger partial charge in [-0.1, -0.05) is 0 Å². The van der Waals surface area contributed by atoms with Crippen molar-refractivity contribution in [2.24, 2.45) is 11.8 Å². The van der Waals surface area contributed by atoms with Gasteiger partial charge in [-0.25, -0.2) is 4.79 Å². The second-order valence-corrected chi connectivity index (χ2v) is 4.14. The first-order valence-electron chi connectivity index (χ1n) is 5.02. The van der Waals surface area contributed by atoms with Crippen LogP contribution < -0.4 is 5.32 Å². The van der Waals surface area contributed by atoms with E-state index in [2.05, 4.69) is 5.32 Å². The summed E-state index contributed by atoms with van der Waals surface area (Å²) in [5.41, 5.74) is 0. The first-order chi connectivity index (χ1) is 6.38. The number of fused-ring (bicyclic) bond motifs is 1. The minimum Gasteiger partial charge on any atom is -0.449 e. The fourth-order valence-electron chi connectivity index (χ4n) is 2.69. The van der Waals surface area contributed by atoms with E-state index < -0.39 is 0 Å². The molecule has 1 N–H and O–H groups in total. The minimum absolute atomic E-state index is 0.0920. The van der Waals surface area contributed by atoms with Crippen molar-refractivity contribution >= 4 is 6.09 Å². The summed E-state index contributed by atoms with van der Waals surface area (Å²) in [6, 6.07) is 0.494. The first-order valence-corrected chi connectivity index (χ1v) is 5.02. The van der Waals surface area contributed by atoms with Crippen molar-refractivity contribution in [3.63, 3.8) is 0 Å². The molecule has 0 aromatic carbocycles. The van der Waals surface area contributed by atoms with Crippen molar-refractivity contribution in [2.75, 3.05) is 26.2 Å². The number of carbonyl (C=O) groups is 1. The number of cyclic esters (lactones) is 1. The van der Waals surface area contributed by atoms with Gasteiger partial charge in [-0.15, -0.1) is 0 Å². The molecule has 0 aromatic rings. The zero-order chi connectivity index (χ0) is 8.84. The SMILES string of the molecule is O=C1OCCCN1C1C2CNCC21. The standard InChI is InChI=1S/C9H14N2O2/c12-9-11(2-1-3-13-9)8-6-4-10-5-7(6)8/h6-8,10H,1-5H2. The van der Waals surface area contributed by atoms with Gasteiger partial charge >= 0.3 is 6.09 Å². The van der Waals surface area contributed by atoms with Gasteiger partial charge in [-0.3, -0.25) is 0 Å². The number of rotatable bonds is 1. The van der Waals surface area contributed by atoms with Gasteiger partial charge in [0, 0.05) is 25.7 Å². The van der Waals surface area contributed by atoms with Crippen LogP contribution in [0.5, 0.6) is 0 Å². The molecule has 0 aromatic heterocycles. The van der Waals surface area contributed by atoms with Gasteiger partial charge in [0.1, 0.15) is 0 Å². The van der Waals surface area contributed by atoms with Crippen LogP contribution in [-0.4, -0.2) is 43.3 Å². The molecule has 2 saturated heterocycles. The molecular weight excluding hydrogens is 168 g/mol. The lowest BCUT2D eigenvalue weighted by Crippen LogP contribution is -2.42. The molecule has 3 fully saturated rings. The van der Waals surface area contributed by atoms with Crippen molar-refractivity contribution in [3.8, 4) is 0 Å².